The summed E-state index contributed by atoms with van der Waals surface area (Å²) in [7, 11) is 1.63. The highest BCUT2D eigenvalue weighted by molar-refractivity contribution is 6.74. The Hall–Kier alpha value is -1.98. The molecular formula is C27H44O4Si. The Balaban J connectivity index is 2.74. The van der Waals surface area contributed by atoms with Crippen molar-refractivity contribution >= 4 is 8.32 Å². The molecule has 0 spiro atoms. The summed E-state index contributed by atoms with van der Waals surface area (Å²) >= 11 is 0. The van der Waals surface area contributed by atoms with E-state index in [9.17, 15) is 0 Å². The van der Waals surface area contributed by atoms with E-state index in [1.165, 1.54) is 11.1 Å². The first kappa shape index (κ1) is 28.1. The highest BCUT2D eigenvalue weighted by Gasteiger charge is 2.36. The monoisotopic (exact) mass is 460 g/mol. The molecule has 0 radical (unpaired) electrons. The molecule has 0 saturated heterocycles. The first-order valence-electron chi connectivity index (χ1n) is 11.4. The third-order valence-electron chi connectivity index (χ3n) is 6.07. The number of methoxy groups -OCH3 is 2. The van der Waals surface area contributed by atoms with Gasteiger partial charge in [-0.3, -0.25) is 0 Å². The van der Waals surface area contributed by atoms with Gasteiger partial charge in [0.25, 0.3) is 0 Å². The number of benzene rings is 1. The van der Waals surface area contributed by atoms with Crippen LogP contribution in [0, 0.1) is 0 Å². The van der Waals surface area contributed by atoms with Crippen molar-refractivity contribution in [3.8, 4) is 17.2 Å². The molecule has 0 aliphatic carbocycles. The summed E-state index contributed by atoms with van der Waals surface area (Å²) in [5.74, 6) is 2.18. The van der Waals surface area contributed by atoms with Gasteiger partial charge in [0.2, 0.25) is 0 Å². The molecule has 0 aliphatic rings. The minimum absolute atomic E-state index is 0.240. The van der Waals surface area contributed by atoms with Crippen LogP contribution in [0.25, 0.3) is 0 Å². The second-order valence-corrected chi connectivity index (χ2v) is 14.6. The predicted molar refractivity (Wildman–Crippen MR) is 139 cm³/mol. The highest BCUT2D eigenvalue weighted by Crippen LogP contribution is 2.37. The van der Waals surface area contributed by atoms with Gasteiger partial charge >= 0.3 is 0 Å². The number of ether oxygens (including phenoxy) is 3. The van der Waals surface area contributed by atoms with Gasteiger partial charge in [0, 0.05) is 11.6 Å². The molecule has 1 aromatic carbocycles. The Kier molecular flexibility index (Phi) is 11.3. The maximum Gasteiger partial charge on any atom is 0.192 e. The van der Waals surface area contributed by atoms with Crippen LogP contribution in [0.15, 0.2) is 48.1 Å². The van der Waals surface area contributed by atoms with Crippen molar-refractivity contribution in [2.24, 2.45) is 0 Å². The molecule has 0 bridgehead atoms. The summed E-state index contributed by atoms with van der Waals surface area (Å²) in [6.45, 7) is 20.6. The molecule has 4 nitrogen and oxygen atoms in total. The van der Waals surface area contributed by atoms with Crippen molar-refractivity contribution in [2.75, 3.05) is 27.4 Å². The molecule has 1 rings (SSSR count). The largest absolute Gasteiger partial charge is 0.497 e. The molecule has 0 unspecified atom stereocenters. The molecule has 0 heterocycles. The number of hydrogen-bond donors (Lipinski definition) is 0. The third kappa shape index (κ3) is 8.87. The van der Waals surface area contributed by atoms with Gasteiger partial charge in [0.15, 0.2) is 19.8 Å². The Bertz CT molecular complexity index is 801. The van der Waals surface area contributed by atoms with E-state index in [-0.39, 0.29) is 5.04 Å². The van der Waals surface area contributed by atoms with E-state index >= 15 is 0 Å². The average molecular weight is 461 g/mol. The lowest BCUT2D eigenvalue weighted by molar-refractivity contribution is 0.318. The Labute approximate surface area is 197 Å². The smallest absolute Gasteiger partial charge is 0.192 e. The molecule has 1 aromatic rings. The van der Waals surface area contributed by atoms with Crippen LogP contribution in [-0.4, -0.2) is 35.8 Å². The van der Waals surface area contributed by atoms with Crippen LogP contribution in [0.5, 0.6) is 17.2 Å². The summed E-state index contributed by atoms with van der Waals surface area (Å²) in [6.07, 6.45) is 9.06. The first-order chi connectivity index (χ1) is 14.9. The molecule has 0 N–H and O–H groups in total. The number of rotatable bonds is 13. The fourth-order valence-electron chi connectivity index (χ4n) is 2.89. The van der Waals surface area contributed by atoms with E-state index in [1.54, 1.807) is 20.3 Å². The predicted octanol–water partition coefficient (Wildman–Crippen LogP) is 7.51. The van der Waals surface area contributed by atoms with E-state index in [0.717, 1.165) is 42.9 Å². The third-order valence-corrected chi connectivity index (χ3v) is 10.5. The van der Waals surface area contributed by atoms with Crippen molar-refractivity contribution in [3.63, 3.8) is 0 Å². The van der Waals surface area contributed by atoms with Crippen LogP contribution in [0.1, 0.15) is 53.0 Å². The lowest BCUT2D eigenvalue weighted by Crippen LogP contribution is -2.41. The van der Waals surface area contributed by atoms with Crippen LogP contribution in [0.4, 0.5) is 0 Å². The van der Waals surface area contributed by atoms with E-state index in [2.05, 4.69) is 66.4 Å². The van der Waals surface area contributed by atoms with Gasteiger partial charge in [-0.1, -0.05) is 56.7 Å². The Morgan fingerprint density at radius 1 is 1.03 bits per heavy atom. The maximum absolute atomic E-state index is 6.32. The lowest BCUT2D eigenvalue weighted by Gasteiger charge is -2.36. The van der Waals surface area contributed by atoms with Crippen LogP contribution >= 0.6 is 0 Å². The second kappa shape index (κ2) is 12.9. The zero-order valence-electron chi connectivity index (χ0n) is 21.8. The minimum Gasteiger partial charge on any atom is -0.497 e. The SMILES string of the molecule is C=CCOc1cc(OC)cc(C/C=C(\C)CC/C=C(\C)CO[Si](C)(C)C(C)(C)C)c1OC. The fraction of sp³-hybridized carbons (Fsp3) is 0.556. The van der Waals surface area contributed by atoms with E-state index in [1.807, 2.05) is 12.1 Å². The van der Waals surface area contributed by atoms with Crippen LogP contribution in [0.2, 0.25) is 18.1 Å². The summed E-state index contributed by atoms with van der Waals surface area (Å²) in [5.41, 5.74) is 3.69. The first-order valence-corrected chi connectivity index (χ1v) is 14.3. The maximum atomic E-state index is 6.32. The number of hydrogen-bond acceptors (Lipinski definition) is 4. The Morgan fingerprint density at radius 3 is 2.28 bits per heavy atom. The summed E-state index contributed by atoms with van der Waals surface area (Å²) < 4.78 is 23.2. The van der Waals surface area contributed by atoms with Gasteiger partial charge in [0.05, 0.1) is 20.8 Å². The van der Waals surface area contributed by atoms with Crippen LogP contribution < -0.4 is 14.2 Å². The van der Waals surface area contributed by atoms with Crippen molar-refractivity contribution in [3.05, 3.63) is 53.6 Å². The highest BCUT2D eigenvalue weighted by atomic mass is 28.4. The zero-order chi connectivity index (χ0) is 24.4. The minimum atomic E-state index is -1.70. The zero-order valence-corrected chi connectivity index (χ0v) is 22.8. The molecule has 0 amide bonds. The summed E-state index contributed by atoms with van der Waals surface area (Å²) in [5, 5.41) is 0.240. The van der Waals surface area contributed by atoms with Crippen LogP contribution in [-0.2, 0) is 10.8 Å². The van der Waals surface area contributed by atoms with E-state index in [0.29, 0.717) is 12.4 Å². The van der Waals surface area contributed by atoms with Crippen molar-refractivity contribution in [1.82, 2.24) is 0 Å². The fourth-order valence-corrected chi connectivity index (χ4v) is 3.91. The van der Waals surface area contributed by atoms with E-state index < -0.39 is 8.32 Å². The van der Waals surface area contributed by atoms with Gasteiger partial charge in [-0.25, -0.2) is 0 Å². The standard InChI is InChI=1S/C27H44O4Si/c1-11-17-30-25-19-24(28-7)18-23(26(25)29-8)16-15-21(2)13-12-14-22(3)20-31-32(9,10)27(4,5)6/h11,14-15,18-19H,1,12-13,16-17,20H2,2-10H3/b21-15+,22-14+. The quantitative estimate of drug-likeness (QED) is 0.225. The molecule has 180 valence electrons. The summed E-state index contributed by atoms with van der Waals surface area (Å²) in [6, 6.07) is 3.85. The van der Waals surface area contributed by atoms with Crippen LogP contribution in [0.3, 0.4) is 0 Å². The molecule has 0 atom stereocenters. The second-order valence-electron chi connectivity index (χ2n) is 9.81. The van der Waals surface area contributed by atoms with Gasteiger partial charge in [-0.2, -0.15) is 0 Å². The van der Waals surface area contributed by atoms with Crippen molar-refractivity contribution in [1.29, 1.82) is 0 Å². The van der Waals surface area contributed by atoms with Gasteiger partial charge < -0.3 is 18.6 Å². The molecule has 0 fully saturated rings. The van der Waals surface area contributed by atoms with Crippen molar-refractivity contribution < 1.29 is 18.6 Å². The molecule has 0 aliphatic heterocycles. The van der Waals surface area contributed by atoms with E-state index in [4.69, 9.17) is 18.6 Å². The average Bonchev–Trinajstić information content (AvgIpc) is 2.73. The molecule has 32 heavy (non-hydrogen) atoms. The van der Waals surface area contributed by atoms with Gasteiger partial charge in [0.1, 0.15) is 12.4 Å². The van der Waals surface area contributed by atoms with Gasteiger partial charge in [-0.05, 0) is 57.3 Å². The van der Waals surface area contributed by atoms with Gasteiger partial charge in [-0.15, -0.1) is 0 Å². The summed E-state index contributed by atoms with van der Waals surface area (Å²) in [4.78, 5) is 0. The topological polar surface area (TPSA) is 36.9 Å². The molecule has 5 heteroatoms. The number of allylic oxidation sites excluding steroid dienone is 3. The Morgan fingerprint density at radius 2 is 1.72 bits per heavy atom. The van der Waals surface area contributed by atoms with Crippen molar-refractivity contribution in [2.45, 2.75) is 72.0 Å². The molecule has 0 aromatic heterocycles. The molecule has 0 saturated carbocycles. The lowest BCUT2D eigenvalue weighted by atomic mass is 10.0. The molecular weight excluding hydrogens is 416 g/mol. The normalized spacial score (nSPS) is 13.2.